The Hall–Kier alpha value is -3.10. The van der Waals surface area contributed by atoms with Crippen LogP contribution in [-0.4, -0.2) is 42.2 Å². The minimum Gasteiger partial charge on any atom is -0.484 e. The number of anilines is 1. The van der Waals surface area contributed by atoms with Crippen molar-refractivity contribution >= 4 is 46.5 Å². The van der Waals surface area contributed by atoms with Crippen molar-refractivity contribution in [3.8, 4) is 5.75 Å². The first kappa shape index (κ1) is 23.6. The fraction of sp³-hybridized carbons (Fsp3) is 0.261. The van der Waals surface area contributed by atoms with E-state index in [2.05, 4.69) is 10.6 Å². The van der Waals surface area contributed by atoms with Crippen molar-refractivity contribution in [1.82, 2.24) is 10.2 Å². The molecule has 1 amide bonds. The van der Waals surface area contributed by atoms with Gasteiger partial charge in [0.1, 0.15) is 5.75 Å². The molecule has 0 bridgehead atoms. The van der Waals surface area contributed by atoms with Crippen molar-refractivity contribution in [2.45, 2.75) is 19.9 Å². The predicted molar refractivity (Wildman–Crippen MR) is 128 cm³/mol. The fourth-order valence-corrected chi connectivity index (χ4v) is 3.58. The van der Waals surface area contributed by atoms with E-state index in [1.807, 2.05) is 19.1 Å². The van der Waals surface area contributed by atoms with Gasteiger partial charge in [-0.2, -0.15) is 0 Å². The van der Waals surface area contributed by atoms with E-state index in [4.69, 9.17) is 33.3 Å². The maximum atomic E-state index is 12.6. The number of halogens is 1. The van der Waals surface area contributed by atoms with Crippen LogP contribution < -0.4 is 15.4 Å². The molecule has 0 saturated carbocycles. The highest BCUT2D eigenvalue weighted by atomic mass is 35.5. The smallest absolute Gasteiger partial charge is 0.338 e. The zero-order valence-corrected chi connectivity index (χ0v) is 19.5. The van der Waals surface area contributed by atoms with E-state index in [9.17, 15) is 9.59 Å². The van der Waals surface area contributed by atoms with Gasteiger partial charge >= 0.3 is 5.97 Å². The lowest BCUT2D eigenvalue weighted by Gasteiger charge is -2.35. The van der Waals surface area contributed by atoms with Crippen LogP contribution in [0.5, 0.6) is 5.75 Å². The highest BCUT2D eigenvalue weighted by Crippen LogP contribution is 2.31. The Balaban J connectivity index is 1.69. The van der Waals surface area contributed by atoms with E-state index in [1.54, 1.807) is 55.3 Å². The summed E-state index contributed by atoms with van der Waals surface area (Å²) in [5.74, 6) is -0.138. The monoisotopic (exact) mass is 473 g/mol. The van der Waals surface area contributed by atoms with Crippen molar-refractivity contribution < 1.29 is 19.1 Å². The van der Waals surface area contributed by atoms with Crippen molar-refractivity contribution in [3.05, 3.63) is 70.4 Å². The maximum absolute atomic E-state index is 12.6. The normalized spacial score (nSPS) is 15.8. The minimum atomic E-state index is -0.448. The summed E-state index contributed by atoms with van der Waals surface area (Å²) in [6.45, 7) is 3.74. The van der Waals surface area contributed by atoms with E-state index in [0.717, 1.165) is 11.3 Å². The van der Waals surface area contributed by atoms with Crippen LogP contribution in [0, 0.1) is 0 Å². The van der Waals surface area contributed by atoms with Crippen molar-refractivity contribution in [2.24, 2.45) is 0 Å². The molecule has 9 heteroatoms. The second-order valence-electron chi connectivity index (χ2n) is 7.07. The zero-order valence-electron chi connectivity index (χ0n) is 18.0. The quantitative estimate of drug-likeness (QED) is 0.463. The second kappa shape index (κ2) is 10.5. The molecule has 1 heterocycles. The summed E-state index contributed by atoms with van der Waals surface area (Å²) in [7, 11) is 1.80. The van der Waals surface area contributed by atoms with Gasteiger partial charge < -0.3 is 25.0 Å². The molecule has 0 aromatic heterocycles. The lowest BCUT2D eigenvalue weighted by atomic mass is 9.95. The number of nitrogens with zero attached hydrogens (tertiary/aromatic N) is 1. The zero-order chi connectivity index (χ0) is 23.3. The lowest BCUT2D eigenvalue weighted by Crippen LogP contribution is -2.46. The van der Waals surface area contributed by atoms with Gasteiger partial charge in [0.15, 0.2) is 11.7 Å². The molecule has 168 valence electrons. The third-order valence-electron chi connectivity index (χ3n) is 4.96. The molecule has 3 rings (SSSR count). The number of nitrogens with one attached hydrogen (secondary N) is 2. The predicted octanol–water partition coefficient (Wildman–Crippen LogP) is 4.06. The first-order valence-corrected chi connectivity index (χ1v) is 10.8. The Morgan fingerprint density at radius 3 is 2.44 bits per heavy atom. The highest BCUT2D eigenvalue weighted by Gasteiger charge is 2.33. The average Bonchev–Trinajstić information content (AvgIpc) is 2.77. The van der Waals surface area contributed by atoms with Crippen LogP contribution in [-0.2, 0) is 14.3 Å². The van der Waals surface area contributed by atoms with Crippen molar-refractivity contribution in [2.75, 3.05) is 25.6 Å². The molecular weight excluding hydrogens is 450 g/mol. The number of thiocarbonyl (C=S) groups is 1. The lowest BCUT2D eigenvalue weighted by molar-refractivity contribution is -0.139. The number of amides is 1. The maximum Gasteiger partial charge on any atom is 0.338 e. The van der Waals surface area contributed by atoms with Crippen LogP contribution in [0.25, 0.3) is 0 Å². The van der Waals surface area contributed by atoms with Gasteiger partial charge in [-0.05, 0) is 68.0 Å². The van der Waals surface area contributed by atoms with Crippen LogP contribution >= 0.6 is 23.8 Å². The van der Waals surface area contributed by atoms with E-state index in [1.165, 1.54) is 0 Å². The molecule has 0 radical (unpaired) electrons. The molecule has 2 aromatic rings. The average molecular weight is 474 g/mol. The molecule has 0 fully saturated rings. The van der Waals surface area contributed by atoms with E-state index in [-0.39, 0.29) is 19.1 Å². The Labute approximate surface area is 197 Å². The van der Waals surface area contributed by atoms with Gasteiger partial charge in [0.25, 0.3) is 5.91 Å². The summed E-state index contributed by atoms with van der Waals surface area (Å²) in [5.41, 5.74) is 2.65. The Morgan fingerprint density at radius 2 is 1.81 bits per heavy atom. The largest absolute Gasteiger partial charge is 0.484 e. The van der Waals surface area contributed by atoms with Crippen LogP contribution in [0.4, 0.5) is 5.69 Å². The third-order valence-corrected chi connectivity index (χ3v) is 5.60. The molecule has 1 aliphatic heterocycles. The van der Waals surface area contributed by atoms with Gasteiger partial charge in [0.2, 0.25) is 0 Å². The summed E-state index contributed by atoms with van der Waals surface area (Å²) in [5, 5.41) is 7.08. The van der Waals surface area contributed by atoms with Crippen LogP contribution in [0.3, 0.4) is 0 Å². The molecule has 0 spiro atoms. The summed E-state index contributed by atoms with van der Waals surface area (Å²) < 4.78 is 10.7. The van der Waals surface area contributed by atoms with Crippen LogP contribution in [0.15, 0.2) is 59.8 Å². The van der Waals surface area contributed by atoms with Gasteiger partial charge in [0, 0.05) is 23.5 Å². The first-order chi connectivity index (χ1) is 15.3. The summed E-state index contributed by atoms with van der Waals surface area (Å²) in [6.07, 6.45) is 0. The molecule has 2 aromatic carbocycles. The summed E-state index contributed by atoms with van der Waals surface area (Å²) in [4.78, 5) is 26.5. The molecule has 0 saturated heterocycles. The molecule has 7 nitrogen and oxygen atoms in total. The summed E-state index contributed by atoms with van der Waals surface area (Å²) >= 11 is 11.2. The van der Waals surface area contributed by atoms with Gasteiger partial charge in [-0.25, -0.2) is 4.79 Å². The fourth-order valence-electron chi connectivity index (χ4n) is 3.19. The molecule has 0 aliphatic carbocycles. The number of carbonyl (C=O) groups excluding carboxylic acids is 2. The Bertz CT molecular complexity index is 1040. The van der Waals surface area contributed by atoms with E-state index >= 15 is 0 Å². The number of esters is 1. The number of carbonyl (C=O) groups is 2. The Morgan fingerprint density at radius 1 is 1.16 bits per heavy atom. The Kier molecular flexibility index (Phi) is 7.71. The topological polar surface area (TPSA) is 79.9 Å². The molecule has 1 unspecified atom stereocenters. The third kappa shape index (κ3) is 5.57. The molecular formula is C23H24ClN3O4S. The van der Waals surface area contributed by atoms with E-state index in [0.29, 0.717) is 27.1 Å². The molecule has 1 aliphatic rings. The number of ether oxygens (including phenoxy) is 2. The number of rotatable bonds is 7. The molecule has 2 N–H and O–H groups in total. The standard InChI is InChI=1S/C23H24ClN3O4S/c1-4-30-22(29)20-14(2)27(3)23(32)26-21(20)15-5-9-17(10-6-15)25-19(28)13-31-18-11-7-16(24)8-12-18/h5-12,21H,4,13H2,1-3H3,(H,25,28)(H,26,32). The molecule has 1 atom stereocenters. The SMILES string of the molecule is CCOC(=O)C1=C(C)N(C)C(=S)NC1c1ccc(NC(=O)COc2ccc(Cl)cc2)cc1. The number of hydrogen-bond donors (Lipinski definition) is 2. The number of benzene rings is 2. The molecule has 32 heavy (non-hydrogen) atoms. The minimum absolute atomic E-state index is 0.136. The first-order valence-electron chi connectivity index (χ1n) is 10.0. The van der Waals surface area contributed by atoms with Crippen molar-refractivity contribution in [3.63, 3.8) is 0 Å². The van der Waals surface area contributed by atoms with Crippen LogP contribution in [0.1, 0.15) is 25.5 Å². The van der Waals surface area contributed by atoms with Gasteiger partial charge in [0.05, 0.1) is 18.2 Å². The number of allylic oxidation sites excluding steroid dienone is 1. The van der Waals surface area contributed by atoms with Crippen LogP contribution in [0.2, 0.25) is 5.02 Å². The van der Waals surface area contributed by atoms with Crippen molar-refractivity contribution in [1.29, 1.82) is 0 Å². The van der Waals surface area contributed by atoms with Gasteiger partial charge in [-0.1, -0.05) is 23.7 Å². The summed E-state index contributed by atoms with van der Waals surface area (Å²) in [6, 6.07) is 13.5. The second-order valence-corrected chi connectivity index (χ2v) is 7.90. The highest BCUT2D eigenvalue weighted by molar-refractivity contribution is 7.80. The van der Waals surface area contributed by atoms with Gasteiger partial charge in [-0.15, -0.1) is 0 Å². The van der Waals surface area contributed by atoms with Gasteiger partial charge in [-0.3, -0.25) is 4.79 Å². The number of hydrogen-bond acceptors (Lipinski definition) is 5. The van der Waals surface area contributed by atoms with E-state index < -0.39 is 12.0 Å².